The molecule has 118 valence electrons. The number of nitrogens with zero attached hydrogens (tertiary/aromatic N) is 1. The highest BCUT2D eigenvalue weighted by atomic mass is 16.5. The molecule has 0 bridgehead atoms. The second-order valence-electron chi connectivity index (χ2n) is 5.38. The number of methoxy groups -OCH3 is 3. The normalized spacial score (nSPS) is 19.3. The summed E-state index contributed by atoms with van der Waals surface area (Å²) < 4.78 is 16.2. The summed E-state index contributed by atoms with van der Waals surface area (Å²) in [6.07, 6.45) is 2.47. The maximum atomic E-state index is 5.50. The predicted octanol–water partition coefficient (Wildman–Crippen LogP) is 1.90. The van der Waals surface area contributed by atoms with E-state index in [0.29, 0.717) is 11.8 Å². The maximum absolute atomic E-state index is 5.50. The van der Waals surface area contributed by atoms with Gasteiger partial charge in [-0.1, -0.05) is 0 Å². The molecule has 0 aromatic heterocycles. The molecule has 2 rings (SSSR count). The third-order valence-electron chi connectivity index (χ3n) is 4.09. The molecule has 1 fully saturated rings. The van der Waals surface area contributed by atoms with Gasteiger partial charge in [0, 0.05) is 30.8 Å². The van der Waals surface area contributed by atoms with E-state index in [1.807, 2.05) is 19.2 Å². The average Bonchev–Trinajstić information content (AvgIpc) is 2.54. The second kappa shape index (κ2) is 7.52. The summed E-state index contributed by atoms with van der Waals surface area (Å²) in [6.45, 7) is 3.05. The standard InChI is InChI=1S/C16H26N2O3/c1-17-13-6-5-7-18(11-13)10-12-8-15(20-3)16(21-4)9-14(12)19-2/h8-9,13,17H,5-7,10-11H2,1-4H3. The first kappa shape index (κ1) is 15.9. The van der Waals surface area contributed by atoms with Crippen LogP contribution in [0.2, 0.25) is 0 Å². The smallest absolute Gasteiger partial charge is 0.164 e. The van der Waals surface area contributed by atoms with Crippen molar-refractivity contribution < 1.29 is 14.2 Å². The first-order valence-corrected chi connectivity index (χ1v) is 7.40. The van der Waals surface area contributed by atoms with Crippen molar-refractivity contribution >= 4 is 0 Å². The van der Waals surface area contributed by atoms with Crippen LogP contribution in [0.15, 0.2) is 12.1 Å². The van der Waals surface area contributed by atoms with Crippen molar-refractivity contribution in [2.75, 3.05) is 41.5 Å². The molecular weight excluding hydrogens is 268 g/mol. The van der Waals surface area contributed by atoms with Crippen LogP contribution in [0.25, 0.3) is 0 Å². The van der Waals surface area contributed by atoms with E-state index >= 15 is 0 Å². The number of piperidine rings is 1. The van der Waals surface area contributed by atoms with Crippen LogP contribution in [0.3, 0.4) is 0 Å². The lowest BCUT2D eigenvalue weighted by Crippen LogP contribution is -2.43. The molecule has 0 amide bonds. The van der Waals surface area contributed by atoms with Gasteiger partial charge < -0.3 is 19.5 Å². The lowest BCUT2D eigenvalue weighted by atomic mass is 10.0. The van der Waals surface area contributed by atoms with Gasteiger partial charge in [-0.15, -0.1) is 0 Å². The monoisotopic (exact) mass is 294 g/mol. The Morgan fingerprint density at radius 2 is 1.76 bits per heavy atom. The fraction of sp³-hybridized carbons (Fsp3) is 0.625. The molecule has 5 nitrogen and oxygen atoms in total. The van der Waals surface area contributed by atoms with Gasteiger partial charge in [0.15, 0.2) is 11.5 Å². The Hall–Kier alpha value is -1.46. The number of ether oxygens (including phenoxy) is 3. The van der Waals surface area contributed by atoms with Gasteiger partial charge in [-0.05, 0) is 32.5 Å². The van der Waals surface area contributed by atoms with Crippen LogP contribution in [0.1, 0.15) is 18.4 Å². The van der Waals surface area contributed by atoms with Crippen LogP contribution in [-0.4, -0.2) is 52.4 Å². The van der Waals surface area contributed by atoms with Gasteiger partial charge in [0.25, 0.3) is 0 Å². The van der Waals surface area contributed by atoms with Gasteiger partial charge >= 0.3 is 0 Å². The van der Waals surface area contributed by atoms with Crippen LogP contribution in [0, 0.1) is 0 Å². The molecule has 1 aliphatic heterocycles. The van der Waals surface area contributed by atoms with E-state index in [9.17, 15) is 0 Å². The lowest BCUT2D eigenvalue weighted by Gasteiger charge is -2.32. The molecule has 5 heteroatoms. The van der Waals surface area contributed by atoms with E-state index < -0.39 is 0 Å². The van der Waals surface area contributed by atoms with Gasteiger partial charge in [0.1, 0.15) is 5.75 Å². The van der Waals surface area contributed by atoms with Crippen molar-refractivity contribution in [3.8, 4) is 17.2 Å². The minimum Gasteiger partial charge on any atom is -0.496 e. The first-order valence-electron chi connectivity index (χ1n) is 7.40. The molecule has 0 saturated carbocycles. The number of rotatable bonds is 6. The number of nitrogens with one attached hydrogen (secondary N) is 1. The van der Waals surface area contributed by atoms with Gasteiger partial charge in [-0.3, -0.25) is 4.90 Å². The van der Waals surface area contributed by atoms with E-state index in [1.54, 1.807) is 21.3 Å². The Kier molecular flexibility index (Phi) is 5.70. The summed E-state index contributed by atoms with van der Waals surface area (Å²) in [5, 5.41) is 3.37. The Morgan fingerprint density at radius 1 is 1.10 bits per heavy atom. The quantitative estimate of drug-likeness (QED) is 0.868. The highest BCUT2D eigenvalue weighted by Crippen LogP contribution is 2.35. The van der Waals surface area contributed by atoms with Crippen molar-refractivity contribution in [3.05, 3.63) is 17.7 Å². The molecule has 1 aromatic carbocycles. The molecule has 1 saturated heterocycles. The number of likely N-dealkylation sites (tertiary alicyclic amines) is 1. The van der Waals surface area contributed by atoms with Crippen molar-refractivity contribution in [1.29, 1.82) is 0 Å². The molecule has 1 unspecified atom stereocenters. The summed E-state index contributed by atoms with van der Waals surface area (Å²) in [6, 6.07) is 4.49. The van der Waals surface area contributed by atoms with E-state index in [0.717, 1.165) is 36.7 Å². The molecule has 21 heavy (non-hydrogen) atoms. The molecule has 0 spiro atoms. The van der Waals surface area contributed by atoms with Crippen LogP contribution in [0.4, 0.5) is 0 Å². The SMILES string of the molecule is CNC1CCCN(Cc2cc(OC)c(OC)cc2OC)C1. The summed E-state index contributed by atoms with van der Waals surface area (Å²) in [5.74, 6) is 2.29. The first-order chi connectivity index (χ1) is 10.2. The zero-order chi connectivity index (χ0) is 15.2. The summed E-state index contributed by atoms with van der Waals surface area (Å²) in [7, 11) is 7.02. The maximum Gasteiger partial charge on any atom is 0.164 e. The molecule has 1 atom stereocenters. The molecule has 1 N–H and O–H groups in total. The van der Waals surface area contributed by atoms with Crippen molar-refractivity contribution in [3.63, 3.8) is 0 Å². The fourth-order valence-corrected chi connectivity index (χ4v) is 2.89. The highest BCUT2D eigenvalue weighted by Gasteiger charge is 2.20. The number of likely N-dealkylation sites (N-methyl/N-ethyl adjacent to an activating group) is 1. The Balaban J connectivity index is 2.18. The molecule has 1 aliphatic rings. The average molecular weight is 294 g/mol. The molecule has 1 heterocycles. The van der Waals surface area contributed by atoms with Crippen LogP contribution in [0.5, 0.6) is 17.2 Å². The largest absolute Gasteiger partial charge is 0.496 e. The molecule has 0 radical (unpaired) electrons. The molecular formula is C16H26N2O3. The molecule has 1 aromatic rings. The summed E-state index contributed by atoms with van der Waals surface area (Å²) in [5.41, 5.74) is 1.13. The summed E-state index contributed by atoms with van der Waals surface area (Å²) in [4.78, 5) is 2.45. The Bertz CT molecular complexity index is 465. The number of benzene rings is 1. The van der Waals surface area contributed by atoms with E-state index in [-0.39, 0.29) is 0 Å². The summed E-state index contributed by atoms with van der Waals surface area (Å²) >= 11 is 0. The minimum atomic E-state index is 0.574. The number of hydrogen-bond acceptors (Lipinski definition) is 5. The van der Waals surface area contributed by atoms with E-state index in [1.165, 1.54) is 12.8 Å². The fourth-order valence-electron chi connectivity index (χ4n) is 2.89. The van der Waals surface area contributed by atoms with Crippen LogP contribution < -0.4 is 19.5 Å². The van der Waals surface area contributed by atoms with E-state index in [2.05, 4.69) is 10.2 Å². The van der Waals surface area contributed by atoms with Crippen LogP contribution in [-0.2, 0) is 6.54 Å². The highest BCUT2D eigenvalue weighted by molar-refractivity contribution is 5.50. The zero-order valence-electron chi connectivity index (χ0n) is 13.4. The predicted molar refractivity (Wildman–Crippen MR) is 83.5 cm³/mol. The second-order valence-corrected chi connectivity index (χ2v) is 5.38. The Morgan fingerprint density at radius 3 is 2.38 bits per heavy atom. The number of hydrogen-bond donors (Lipinski definition) is 1. The third kappa shape index (κ3) is 3.80. The zero-order valence-corrected chi connectivity index (χ0v) is 13.4. The van der Waals surface area contributed by atoms with Crippen LogP contribution >= 0.6 is 0 Å². The minimum absolute atomic E-state index is 0.574. The van der Waals surface area contributed by atoms with Crippen molar-refractivity contribution in [2.24, 2.45) is 0 Å². The molecule has 0 aliphatic carbocycles. The lowest BCUT2D eigenvalue weighted by molar-refractivity contribution is 0.186. The third-order valence-corrected chi connectivity index (χ3v) is 4.09. The van der Waals surface area contributed by atoms with E-state index in [4.69, 9.17) is 14.2 Å². The van der Waals surface area contributed by atoms with Crippen molar-refractivity contribution in [1.82, 2.24) is 10.2 Å². The van der Waals surface area contributed by atoms with Gasteiger partial charge in [0.05, 0.1) is 21.3 Å². The topological polar surface area (TPSA) is 43.0 Å². The van der Waals surface area contributed by atoms with Gasteiger partial charge in [-0.25, -0.2) is 0 Å². The van der Waals surface area contributed by atoms with Gasteiger partial charge in [0.2, 0.25) is 0 Å². The van der Waals surface area contributed by atoms with Crippen molar-refractivity contribution in [2.45, 2.75) is 25.4 Å². The van der Waals surface area contributed by atoms with Gasteiger partial charge in [-0.2, -0.15) is 0 Å². The Labute approximate surface area is 127 Å².